The van der Waals surface area contributed by atoms with E-state index >= 15 is 0 Å². The van der Waals surface area contributed by atoms with Crippen molar-refractivity contribution in [2.24, 2.45) is 11.7 Å². The molecule has 122 valence electrons. The number of hydrogen-bond acceptors (Lipinski definition) is 2. The molecular formula is C21H28N2. The number of likely N-dealkylation sites (tertiary alicyclic amines) is 1. The van der Waals surface area contributed by atoms with Crippen LogP contribution >= 0.6 is 0 Å². The van der Waals surface area contributed by atoms with E-state index in [1.807, 2.05) is 0 Å². The Morgan fingerprint density at radius 2 is 1.57 bits per heavy atom. The molecule has 1 aliphatic rings. The average Bonchev–Trinajstić information content (AvgIpc) is 2.62. The first-order valence-corrected chi connectivity index (χ1v) is 8.91. The summed E-state index contributed by atoms with van der Waals surface area (Å²) in [6.07, 6.45) is 3.72. The van der Waals surface area contributed by atoms with Crippen LogP contribution in [-0.2, 0) is 0 Å². The summed E-state index contributed by atoms with van der Waals surface area (Å²) in [4.78, 5) is 2.61. The lowest BCUT2D eigenvalue weighted by molar-refractivity contribution is 0.163. The van der Waals surface area contributed by atoms with Crippen LogP contribution in [0.1, 0.15) is 36.3 Å². The van der Waals surface area contributed by atoms with Crippen LogP contribution in [0.25, 0.3) is 0 Å². The Bertz CT molecular complexity index is 527. The fourth-order valence-corrected chi connectivity index (χ4v) is 3.94. The molecule has 2 heteroatoms. The monoisotopic (exact) mass is 308 g/mol. The van der Waals surface area contributed by atoms with E-state index in [2.05, 4.69) is 65.6 Å². The number of hydrogen-bond donors (Lipinski definition) is 1. The Labute approximate surface area is 140 Å². The highest BCUT2D eigenvalue weighted by atomic mass is 15.1. The van der Waals surface area contributed by atoms with Gasteiger partial charge in [0.15, 0.2) is 0 Å². The highest BCUT2D eigenvalue weighted by molar-refractivity contribution is 5.33. The molecule has 2 N–H and O–H groups in total. The van der Waals surface area contributed by atoms with E-state index in [1.54, 1.807) is 0 Å². The van der Waals surface area contributed by atoms with Gasteiger partial charge in [-0.1, -0.05) is 60.7 Å². The summed E-state index contributed by atoms with van der Waals surface area (Å²) in [6.45, 7) is 4.35. The van der Waals surface area contributed by atoms with E-state index in [9.17, 15) is 0 Å². The van der Waals surface area contributed by atoms with Crippen LogP contribution in [0, 0.1) is 5.92 Å². The Hall–Kier alpha value is -1.64. The van der Waals surface area contributed by atoms with Crippen LogP contribution in [0.3, 0.4) is 0 Å². The second kappa shape index (κ2) is 8.28. The molecule has 23 heavy (non-hydrogen) atoms. The normalized spacial score (nSPS) is 19.1. The van der Waals surface area contributed by atoms with Gasteiger partial charge in [-0.2, -0.15) is 0 Å². The number of rotatable bonds is 6. The molecule has 1 saturated heterocycles. The van der Waals surface area contributed by atoms with Crippen LogP contribution in [-0.4, -0.2) is 31.1 Å². The standard InChI is InChI=1S/C21H28N2/c22-14-8-16-23-15-7-13-20(17-23)21(18-9-3-1-4-10-18)19-11-5-2-6-12-19/h1-6,9-12,20-21H,7-8,13-17,22H2. The molecule has 0 saturated carbocycles. The van der Waals surface area contributed by atoms with Crippen molar-refractivity contribution in [1.82, 2.24) is 4.90 Å². The Balaban J connectivity index is 1.83. The second-order valence-corrected chi connectivity index (χ2v) is 6.64. The van der Waals surface area contributed by atoms with E-state index in [1.165, 1.54) is 37.1 Å². The van der Waals surface area contributed by atoms with Crippen molar-refractivity contribution in [2.45, 2.75) is 25.2 Å². The zero-order valence-corrected chi connectivity index (χ0v) is 13.9. The van der Waals surface area contributed by atoms with Gasteiger partial charge in [-0.3, -0.25) is 0 Å². The van der Waals surface area contributed by atoms with Gasteiger partial charge in [0.1, 0.15) is 0 Å². The van der Waals surface area contributed by atoms with Gasteiger partial charge in [0.2, 0.25) is 0 Å². The smallest absolute Gasteiger partial charge is 0.0130 e. The van der Waals surface area contributed by atoms with Crippen LogP contribution in [0.4, 0.5) is 0 Å². The van der Waals surface area contributed by atoms with E-state index in [0.717, 1.165) is 19.5 Å². The topological polar surface area (TPSA) is 29.3 Å². The summed E-state index contributed by atoms with van der Waals surface area (Å²) in [5.74, 6) is 1.18. The van der Waals surface area contributed by atoms with Crippen molar-refractivity contribution in [3.05, 3.63) is 71.8 Å². The van der Waals surface area contributed by atoms with E-state index in [-0.39, 0.29) is 0 Å². The minimum atomic E-state index is 0.498. The lowest BCUT2D eigenvalue weighted by Crippen LogP contribution is -2.39. The maximum Gasteiger partial charge on any atom is 0.0130 e. The highest BCUT2D eigenvalue weighted by Gasteiger charge is 2.29. The number of piperidine rings is 1. The third-order valence-electron chi connectivity index (χ3n) is 5.01. The molecule has 0 bridgehead atoms. The molecule has 0 spiro atoms. The summed E-state index contributed by atoms with van der Waals surface area (Å²) in [6, 6.07) is 22.0. The molecule has 0 radical (unpaired) electrons. The lowest BCUT2D eigenvalue weighted by atomic mass is 9.77. The molecule has 2 aromatic carbocycles. The van der Waals surface area contributed by atoms with Crippen molar-refractivity contribution in [1.29, 1.82) is 0 Å². The van der Waals surface area contributed by atoms with E-state index in [4.69, 9.17) is 5.73 Å². The van der Waals surface area contributed by atoms with Gasteiger partial charge >= 0.3 is 0 Å². The molecule has 2 aromatic rings. The molecule has 1 aliphatic heterocycles. The lowest BCUT2D eigenvalue weighted by Gasteiger charge is -2.37. The van der Waals surface area contributed by atoms with Crippen LogP contribution < -0.4 is 5.73 Å². The Morgan fingerprint density at radius 1 is 0.957 bits per heavy atom. The molecule has 3 rings (SSSR count). The van der Waals surface area contributed by atoms with Crippen molar-refractivity contribution in [3.63, 3.8) is 0 Å². The predicted octanol–water partition coefficient (Wildman–Crippen LogP) is 3.88. The molecule has 1 unspecified atom stereocenters. The minimum Gasteiger partial charge on any atom is -0.330 e. The summed E-state index contributed by atoms with van der Waals surface area (Å²) >= 11 is 0. The first-order valence-electron chi connectivity index (χ1n) is 8.91. The summed E-state index contributed by atoms with van der Waals surface area (Å²) in [7, 11) is 0. The first-order chi connectivity index (χ1) is 11.4. The molecular weight excluding hydrogens is 280 g/mol. The number of nitrogens with two attached hydrogens (primary N) is 1. The van der Waals surface area contributed by atoms with Crippen molar-refractivity contribution >= 4 is 0 Å². The molecule has 1 atom stereocenters. The fraction of sp³-hybridized carbons (Fsp3) is 0.429. The number of nitrogens with zero attached hydrogens (tertiary/aromatic N) is 1. The zero-order valence-electron chi connectivity index (χ0n) is 13.9. The van der Waals surface area contributed by atoms with Crippen LogP contribution in [0.15, 0.2) is 60.7 Å². The van der Waals surface area contributed by atoms with Gasteiger partial charge in [0, 0.05) is 12.5 Å². The molecule has 2 nitrogen and oxygen atoms in total. The summed E-state index contributed by atoms with van der Waals surface area (Å²) in [5, 5.41) is 0. The minimum absolute atomic E-state index is 0.498. The first kappa shape index (κ1) is 16.2. The van der Waals surface area contributed by atoms with Crippen molar-refractivity contribution in [3.8, 4) is 0 Å². The molecule has 0 amide bonds. The van der Waals surface area contributed by atoms with E-state index < -0.39 is 0 Å². The predicted molar refractivity (Wildman–Crippen MR) is 97.6 cm³/mol. The molecule has 0 aromatic heterocycles. The summed E-state index contributed by atoms with van der Waals surface area (Å²) in [5.41, 5.74) is 8.59. The van der Waals surface area contributed by atoms with Gasteiger partial charge in [0.25, 0.3) is 0 Å². The average molecular weight is 308 g/mol. The third-order valence-corrected chi connectivity index (χ3v) is 5.01. The van der Waals surface area contributed by atoms with E-state index in [0.29, 0.717) is 11.8 Å². The highest BCUT2D eigenvalue weighted by Crippen LogP contribution is 2.37. The Kier molecular flexibility index (Phi) is 5.84. The quantitative estimate of drug-likeness (QED) is 0.877. The fourth-order valence-electron chi connectivity index (χ4n) is 3.94. The second-order valence-electron chi connectivity index (χ2n) is 6.64. The molecule has 1 heterocycles. The largest absolute Gasteiger partial charge is 0.330 e. The molecule has 1 fully saturated rings. The van der Waals surface area contributed by atoms with Gasteiger partial charge in [0.05, 0.1) is 0 Å². The Morgan fingerprint density at radius 3 is 2.13 bits per heavy atom. The summed E-state index contributed by atoms with van der Waals surface area (Å²) < 4.78 is 0. The van der Waals surface area contributed by atoms with Crippen molar-refractivity contribution in [2.75, 3.05) is 26.2 Å². The van der Waals surface area contributed by atoms with Gasteiger partial charge in [-0.05, 0) is 55.9 Å². The maximum absolute atomic E-state index is 5.70. The zero-order chi connectivity index (χ0) is 15.9. The third kappa shape index (κ3) is 4.21. The SMILES string of the molecule is NCCCN1CCCC(C(c2ccccc2)c2ccccc2)C1. The molecule has 0 aliphatic carbocycles. The van der Waals surface area contributed by atoms with Crippen LogP contribution in [0.2, 0.25) is 0 Å². The van der Waals surface area contributed by atoms with Gasteiger partial charge < -0.3 is 10.6 Å². The number of benzene rings is 2. The maximum atomic E-state index is 5.70. The van der Waals surface area contributed by atoms with Gasteiger partial charge in [-0.25, -0.2) is 0 Å². The van der Waals surface area contributed by atoms with Crippen molar-refractivity contribution < 1.29 is 0 Å². The van der Waals surface area contributed by atoms with Gasteiger partial charge in [-0.15, -0.1) is 0 Å². The van der Waals surface area contributed by atoms with Crippen LogP contribution in [0.5, 0.6) is 0 Å².